The molecule has 0 aliphatic rings. The summed E-state index contributed by atoms with van der Waals surface area (Å²) >= 11 is 7.38. The van der Waals surface area contributed by atoms with Gasteiger partial charge in [-0.1, -0.05) is 11.6 Å². The van der Waals surface area contributed by atoms with E-state index in [0.29, 0.717) is 16.0 Å². The number of halogens is 1. The van der Waals surface area contributed by atoms with Crippen molar-refractivity contribution in [3.8, 4) is 0 Å². The lowest BCUT2D eigenvalue weighted by Gasteiger charge is -2.05. The summed E-state index contributed by atoms with van der Waals surface area (Å²) in [7, 11) is 0. The number of rotatable bonds is 4. The zero-order chi connectivity index (χ0) is 12.1. The van der Waals surface area contributed by atoms with E-state index in [0.717, 1.165) is 11.6 Å². The van der Waals surface area contributed by atoms with Crippen molar-refractivity contribution in [1.82, 2.24) is 19.9 Å². The fourth-order valence-corrected chi connectivity index (χ4v) is 2.02. The molecular weight excluding hydrogens is 258 g/mol. The van der Waals surface area contributed by atoms with Crippen molar-refractivity contribution >= 4 is 29.3 Å². The second-order valence-corrected chi connectivity index (χ2v) is 4.44. The average Bonchev–Trinajstić information content (AvgIpc) is 2.35. The molecular formula is C10H10ClN5S. The van der Waals surface area contributed by atoms with Crippen LogP contribution in [0.25, 0.3) is 0 Å². The van der Waals surface area contributed by atoms with Crippen molar-refractivity contribution in [3.63, 3.8) is 0 Å². The van der Waals surface area contributed by atoms with Crippen LogP contribution in [0.5, 0.6) is 0 Å². The van der Waals surface area contributed by atoms with E-state index in [2.05, 4.69) is 25.3 Å². The van der Waals surface area contributed by atoms with Crippen molar-refractivity contribution in [3.05, 3.63) is 29.8 Å². The number of anilines is 1. The maximum atomic E-state index is 6.02. The van der Waals surface area contributed by atoms with Crippen molar-refractivity contribution in [2.24, 2.45) is 0 Å². The molecule has 2 aromatic heterocycles. The highest BCUT2D eigenvalue weighted by atomic mass is 35.5. The van der Waals surface area contributed by atoms with Crippen LogP contribution in [0.3, 0.4) is 0 Å². The van der Waals surface area contributed by atoms with Crippen LogP contribution in [0.2, 0.25) is 5.02 Å². The molecule has 0 radical (unpaired) electrons. The van der Waals surface area contributed by atoms with Crippen LogP contribution in [0.15, 0.2) is 34.8 Å². The molecule has 2 aromatic rings. The maximum absolute atomic E-state index is 6.02. The largest absolute Gasteiger partial charge is 0.354 e. The minimum absolute atomic E-state index is 0.502. The van der Waals surface area contributed by atoms with E-state index in [9.17, 15) is 0 Å². The van der Waals surface area contributed by atoms with Gasteiger partial charge >= 0.3 is 0 Å². The predicted molar refractivity (Wildman–Crippen MR) is 67.4 cm³/mol. The van der Waals surface area contributed by atoms with Crippen LogP contribution in [-0.2, 0) is 0 Å². The van der Waals surface area contributed by atoms with Crippen LogP contribution >= 0.6 is 23.4 Å². The standard InChI is InChI=1S/C10H10ClN5S/c1-2-13-10-15-5-7(11)9(16-10)17-8-6-12-3-4-14-8/h3-6H,2H2,1H3,(H,13,15,16). The van der Waals surface area contributed by atoms with E-state index in [-0.39, 0.29) is 0 Å². The third-order valence-electron chi connectivity index (χ3n) is 1.79. The molecule has 0 atom stereocenters. The van der Waals surface area contributed by atoms with Gasteiger partial charge in [0.2, 0.25) is 5.95 Å². The van der Waals surface area contributed by atoms with E-state index in [1.807, 2.05) is 6.92 Å². The summed E-state index contributed by atoms with van der Waals surface area (Å²) in [4.78, 5) is 16.5. The minimum Gasteiger partial charge on any atom is -0.354 e. The Kier molecular flexibility index (Phi) is 4.11. The summed E-state index contributed by atoms with van der Waals surface area (Å²) in [5.41, 5.74) is 0. The van der Waals surface area contributed by atoms with Crippen LogP contribution in [0.1, 0.15) is 6.92 Å². The Balaban J connectivity index is 2.22. The van der Waals surface area contributed by atoms with Gasteiger partial charge in [-0.25, -0.2) is 15.0 Å². The Morgan fingerprint density at radius 3 is 2.88 bits per heavy atom. The van der Waals surface area contributed by atoms with Gasteiger partial charge < -0.3 is 5.32 Å². The van der Waals surface area contributed by atoms with Gasteiger partial charge in [0.05, 0.1) is 17.4 Å². The van der Waals surface area contributed by atoms with Crippen LogP contribution < -0.4 is 5.32 Å². The third kappa shape index (κ3) is 3.28. The monoisotopic (exact) mass is 267 g/mol. The Hall–Kier alpha value is -1.40. The normalized spacial score (nSPS) is 10.2. The summed E-state index contributed by atoms with van der Waals surface area (Å²) in [5.74, 6) is 0.559. The van der Waals surface area contributed by atoms with Crippen molar-refractivity contribution in [2.75, 3.05) is 11.9 Å². The quantitative estimate of drug-likeness (QED) is 0.859. The first-order valence-corrected chi connectivity index (χ1v) is 6.19. The first-order chi connectivity index (χ1) is 8.29. The molecule has 0 aliphatic heterocycles. The SMILES string of the molecule is CCNc1ncc(Cl)c(Sc2cnccn2)n1. The summed E-state index contributed by atoms with van der Waals surface area (Å²) < 4.78 is 0. The lowest BCUT2D eigenvalue weighted by atomic mass is 10.6. The fraction of sp³-hybridized carbons (Fsp3) is 0.200. The molecule has 0 aromatic carbocycles. The third-order valence-corrected chi connectivity index (χ3v) is 3.10. The highest BCUT2D eigenvalue weighted by Crippen LogP contribution is 2.29. The van der Waals surface area contributed by atoms with Gasteiger partial charge in [-0.05, 0) is 18.7 Å². The number of nitrogens with one attached hydrogen (secondary N) is 1. The molecule has 2 heterocycles. The van der Waals surface area contributed by atoms with Gasteiger partial charge in [0, 0.05) is 18.9 Å². The van der Waals surface area contributed by atoms with Gasteiger partial charge in [-0.15, -0.1) is 0 Å². The number of nitrogens with zero attached hydrogens (tertiary/aromatic N) is 4. The first-order valence-electron chi connectivity index (χ1n) is 5.00. The van der Waals surface area contributed by atoms with Gasteiger partial charge in [-0.3, -0.25) is 4.98 Å². The molecule has 1 N–H and O–H groups in total. The highest BCUT2D eigenvalue weighted by molar-refractivity contribution is 7.99. The lowest BCUT2D eigenvalue weighted by Crippen LogP contribution is -2.02. The van der Waals surface area contributed by atoms with Gasteiger partial charge in [0.15, 0.2) is 0 Å². The van der Waals surface area contributed by atoms with E-state index in [1.54, 1.807) is 24.8 Å². The molecule has 0 fully saturated rings. The molecule has 2 rings (SSSR count). The topological polar surface area (TPSA) is 63.6 Å². The molecule has 0 spiro atoms. The smallest absolute Gasteiger partial charge is 0.223 e. The van der Waals surface area contributed by atoms with Crippen molar-refractivity contribution in [2.45, 2.75) is 17.0 Å². The maximum Gasteiger partial charge on any atom is 0.223 e. The van der Waals surface area contributed by atoms with Crippen LogP contribution in [0, 0.1) is 0 Å². The highest BCUT2D eigenvalue weighted by Gasteiger charge is 2.07. The van der Waals surface area contributed by atoms with Crippen LogP contribution in [-0.4, -0.2) is 26.5 Å². The van der Waals surface area contributed by atoms with E-state index in [4.69, 9.17) is 11.6 Å². The molecule has 17 heavy (non-hydrogen) atoms. The van der Waals surface area contributed by atoms with E-state index in [1.165, 1.54) is 11.8 Å². The average molecular weight is 268 g/mol. The first kappa shape index (κ1) is 12.1. The Labute approximate surface area is 108 Å². The van der Waals surface area contributed by atoms with Gasteiger partial charge in [-0.2, -0.15) is 0 Å². The number of hydrogen-bond donors (Lipinski definition) is 1. The molecule has 0 amide bonds. The zero-order valence-corrected chi connectivity index (χ0v) is 10.7. The molecule has 0 unspecified atom stereocenters. The Morgan fingerprint density at radius 2 is 2.18 bits per heavy atom. The molecule has 0 saturated heterocycles. The second kappa shape index (κ2) is 5.79. The van der Waals surface area contributed by atoms with E-state index < -0.39 is 0 Å². The van der Waals surface area contributed by atoms with E-state index >= 15 is 0 Å². The molecule has 0 bridgehead atoms. The zero-order valence-electron chi connectivity index (χ0n) is 9.09. The van der Waals surface area contributed by atoms with Crippen molar-refractivity contribution < 1.29 is 0 Å². The summed E-state index contributed by atoms with van der Waals surface area (Å²) in [6, 6.07) is 0. The molecule has 0 saturated carbocycles. The minimum atomic E-state index is 0.502. The Morgan fingerprint density at radius 1 is 1.29 bits per heavy atom. The number of hydrogen-bond acceptors (Lipinski definition) is 6. The summed E-state index contributed by atoms with van der Waals surface area (Å²) in [5, 5.41) is 4.94. The van der Waals surface area contributed by atoms with Gasteiger partial charge in [0.25, 0.3) is 0 Å². The summed E-state index contributed by atoms with van der Waals surface area (Å²) in [6.45, 7) is 2.74. The molecule has 0 aliphatic carbocycles. The Bertz CT molecular complexity index is 493. The van der Waals surface area contributed by atoms with Gasteiger partial charge in [0.1, 0.15) is 10.1 Å². The van der Waals surface area contributed by atoms with Crippen molar-refractivity contribution in [1.29, 1.82) is 0 Å². The number of aromatic nitrogens is 4. The lowest BCUT2D eigenvalue weighted by molar-refractivity contribution is 1.00. The fourth-order valence-electron chi connectivity index (χ4n) is 1.10. The van der Waals surface area contributed by atoms with Crippen LogP contribution in [0.4, 0.5) is 5.95 Å². The second-order valence-electron chi connectivity index (χ2n) is 3.02. The molecule has 5 nitrogen and oxygen atoms in total. The predicted octanol–water partition coefficient (Wildman–Crippen LogP) is 2.50. The molecule has 88 valence electrons. The molecule has 7 heteroatoms. The summed E-state index contributed by atoms with van der Waals surface area (Å²) in [6.07, 6.45) is 6.49.